The number of aromatic nitrogens is 3. The molecule has 3 rings (SSSR count). The van der Waals surface area contributed by atoms with E-state index < -0.39 is 35.9 Å². The first-order chi connectivity index (χ1) is 14.1. The lowest BCUT2D eigenvalue weighted by molar-refractivity contribution is -0.143. The largest absolute Gasteiger partial charge is 0.416 e. The minimum atomic E-state index is -4.97. The smallest absolute Gasteiger partial charge is 0.348 e. The van der Waals surface area contributed by atoms with Crippen LogP contribution in [0.4, 0.5) is 26.3 Å². The molecule has 0 spiro atoms. The van der Waals surface area contributed by atoms with Gasteiger partial charge in [-0.3, -0.25) is 9.78 Å². The van der Waals surface area contributed by atoms with E-state index >= 15 is 0 Å². The third-order valence-electron chi connectivity index (χ3n) is 3.93. The van der Waals surface area contributed by atoms with E-state index in [1.54, 1.807) is 6.07 Å². The number of pyridine rings is 1. The number of hydrogen-bond donors (Lipinski definition) is 1. The number of alkyl halides is 6. The highest BCUT2D eigenvalue weighted by atomic mass is 19.4. The molecule has 0 radical (unpaired) electrons. The van der Waals surface area contributed by atoms with Gasteiger partial charge in [0.1, 0.15) is 5.69 Å². The first kappa shape index (κ1) is 21.2. The third kappa shape index (κ3) is 4.91. The summed E-state index contributed by atoms with van der Waals surface area (Å²) in [5, 5.41) is 2.31. The fourth-order valence-electron chi connectivity index (χ4n) is 2.59. The van der Waals surface area contributed by atoms with Crippen molar-refractivity contribution in [3.8, 4) is 11.5 Å². The minimum absolute atomic E-state index is 0.0201. The summed E-state index contributed by atoms with van der Waals surface area (Å²) in [7, 11) is 0. The normalized spacial score (nSPS) is 11.9. The summed E-state index contributed by atoms with van der Waals surface area (Å²) >= 11 is 0. The lowest BCUT2D eigenvalue weighted by atomic mass is 10.0. The summed E-state index contributed by atoms with van der Waals surface area (Å²) in [6, 6.07) is 5.53. The van der Waals surface area contributed by atoms with Crippen LogP contribution in [0, 0.1) is 0 Å². The van der Waals surface area contributed by atoms with Gasteiger partial charge in [0.05, 0.1) is 16.7 Å². The maximum Gasteiger partial charge on any atom is 0.416 e. The SMILES string of the molecule is O=C(NCc1cc(C(F)(F)F)cc(C(F)(F)F)c1)c1cccnc1-c1ncccn1. The van der Waals surface area contributed by atoms with E-state index in [4.69, 9.17) is 0 Å². The van der Waals surface area contributed by atoms with Crippen molar-refractivity contribution < 1.29 is 31.1 Å². The van der Waals surface area contributed by atoms with Gasteiger partial charge in [0, 0.05) is 25.1 Å². The van der Waals surface area contributed by atoms with Gasteiger partial charge in [-0.05, 0) is 42.0 Å². The molecule has 0 bridgehead atoms. The number of rotatable bonds is 4. The Labute approximate surface area is 165 Å². The summed E-state index contributed by atoms with van der Waals surface area (Å²) in [6.07, 6.45) is -5.69. The van der Waals surface area contributed by atoms with Crippen molar-refractivity contribution >= 4 is 5.91 Å². The second-order valence-corrected chi connectivity index (χ2v) is 6.07. The Morgan fingerprint density at radius 2 is 1.40 bits per heavy atom. The van der Waals surface area contributed by atoms with Crippen molar-refractivity contribution in [1.29, 1.82) is 0 Å². The highest BCUT2D eigenvalue weighted by molar-refractivity contribution is 5.99. The first-order valence-corrected chi connectivity index (χ1v) is 8.34. The predicted molar refractivity (Wildman–Crippen MR) is 92.9 cm³/mol. The quantitative estimate of drug-likeness (QED) is 0.624. The molecule has 1 amide bonds. The number of benzene rings is 1. The van der Waals surface area contributed by atoms with Crippen LogP contribution in [0.25, 0.3) is 11.5 Å². The van der Waals surface area contributed by atoms with Gasteiger partial charge in [-0.1, -0.05) is 0 Å². The summed E-state index contributed by atoms with van der Waals surface area (Å²) in [6.45, 7) is -0.560. The van der Waals surface area contributed by atoms with Crippen LogP contribution in [-0.2, 0) is 18.9 Å². The molecule has 2 aromatic heterocycles. The molecule has 0 unspecified atom stereocenters. The number of nitrogens with zero attached hydrogens (tertiary/aromatic N) is 3. The molecule has 0 fully saturated rings. The summed E-state index contributed by atoms with van der Waals surface area (Å²) < 4.78 is 77.8. The van der Waals surface area contributed by atoms with Crippen molar-refractivity contribution in [1.82, 2.24) is 20.3 Å². The zero-order valence-corrected chi connectivity index (χ0v) is 14.9. The second kappa shape index (κ2) is 8.09. The average molecular weight is 426 g/mol. The van der Waals surface area contributed by atoms with Crippen LogP contribution in [0.15, 0.2) is 55.0 Å². The standard InChI is InChI=1S/C19H12F6N4O/c20-18(21,22)12-7-11(8-13(9-12)19(23,24)25)10-29-17(30)14-3-1-4-26-15(14)16-27-5-2-6-28-16/h1-9H,10H2,(H,29,30). The van der Waals surface area contributed by atoms with Gasteiger partial charge in [-0.2, -0.15) is 26.3 Å². The molecule has 3 aromatic rings. The zero-order chi connectivity index (χ0) is 21.9. The molecule has 0 saturated carbocycles. The van der Waals surface area contributed by atoms with Gasteiger partial charge in [-0.25, -0.2) is 9.97 Å². The van der Waals surface area contributed by atoms with Gasteiger partial charge in [0.15, 0.2) is 5.82 Å². The Morgan fingerprint density at radius 1 is 0.833 bits per heavy atom. The van der Waals surface area contributed by atoms with Gasteiger partial charge in [0.2, 0.25) is 0 Å². The highest BCUT2D eigenvalue weighted by Crippen LogP contribution is 2.36. The number of hydrogen-bond acceptors (Lipinski definition) is 4. The van der Waals surface area contributed by atoms with Crippen molar-refractivity contribution in [3.63, 3.8) is 0 Å². The number of carbonyl (C=O) groups is 1. The third-order valence-corrected chi connectivity index (χ3v) is 3.93. The van der Waals surface area contributed by atoms with E-state index in [9.17, 15) is 31.1 Å². The molecule has 156 valence electrons. The van der Waals surface area contributed by atoms with Crippen LogP contribution in [0.3, 0.4) is 0 Å². The van der Waals surface area contributed by atoms with Crippen LogP contribution < -0.4 is 5.32 Å². The van der Waals surface area contributed by atoms with Gasteiger partial charge in [0.25, 0.3) is 5.91 Å². The van der Waals surface area contributed by atoms with Crippen molar-refractivity contribution in [2.75, 3.05) is 0 Å². The lowest BCUT2D eigenvalue weighted by Crippen LogP contribution is -2.24. The predicted octanol–water partition coefficient (Wildman–Crippen LogP) is 4.51. The van der Waals surface area contributed by atoms with Crippen molar-refractivity contribution in [2.24, 2.45) is 0 Å². The topological polar surface area (TPSA) is 67.8 Å². The van der Waals surface area contributed by atoms with E-state index in [2.05, 4.69) is 20.3 Å². The molecule has 5 nitrogen and oxygen atoms in total. The summed E-state index contributed by atoms with van der Waals surface area (Å²) in [5.74, 6) is -0.613. The van der Waals surface area contributed by atoms with Crippen LogP contribution in [-0.4, -0.2) is 20.9 Å². The van der Waals surface area contributed by atoms with Gasteiger partial charge < -0.3 is 5.32 Å². The molecule has 30 heavy (non-hydrogen) atoms. The molecule has 2 heterocycles. The van der Waals surface area contributed by atoms with Gasteiger partial charge in [-0.15, -0.1) is 0 Å². The molecule has 1 aromatic carbocycles. The average Bonchev–Trinajstić information content (AvgIpc) is 2.71. The monoisotopic (exact) mass is 426 g/mol. The number of carbonyl (C=O) groups excluding carboxylic acids is 1. The maximum absolute atomic E-state index is 13.0. The summed E-state index contributed by atoms with van der Waals surface area (Å²) in [5.41, 5.74) is -3.13. The number of halogens is 6. The van der Waals surface area contributed by atoms with Crippen LogP contribution in [0.2, 0.25) is 0 Å². The Balaban J connectivity index is 1.87. The Kier molecular flexibility index (Phi) is 5.72. The van der Waals surface area contributed by atoms with Crippen molar-refractivity contribution in [2.45, 2.75) is 18.9 Å². The van der Waals surface area contributed by atoms with Gasteiger partial charge >= 0.3 is 12.4 Å². The Morgan fingerprint density at radius 3 is 1.97 bits per heavy atom. The van der Waals surface area contributed by atoms with Crippen LogP contribution in [0.5, 0.6) is 0 Å². The molecular weight excluding hydrogens is 414 g/mol. The number of nitrogens with one attached hydrogen (secondary N) is 1. The maximum atomic E-state index is 13.0. The zero-order valence-electron chi connectivity index (χ0n) is 14.9. The molecule has 0 aliphatic heterocycles. The van der Waals surface area contributed by atoms with E-state index in [1.165, 1.54) is 30.7 Å². The minimum Gasteiger partial charge on any atom is -0.348 e. The molecule has 0 saturated heterocycles. The molecule has 1 N–H and O–H groups in total. The molecule has 11 heteroatoms. The Hall–Kier alpha value is -3.50. The fraction of sp³-hybridized carbons (Fsp3) is 0.158. The van der Waals surface area contributed by atoms with E-state index in [-0.39, 0.29) is 28.7 Å². The summed E-state index contributed by atoms with van der Waals surface area (Å²) in [4.78, 5) is 24.5. The van der Waals surface area contributed by atoms with E-state index in [1.807, 2.05) is 0 Å². The number of amides is 1. The molecule has 0 atom stereocenters. The molecule has 0 aliphatic carbocycles. The van der Waals surface area contributed by atoms with Crippen LogP contribution in [0.1, 0.15) is 27.0 Å². The molecular formula is C19H12F6N4O. The van der Waals surface area contributed by atoms with Crippen molar-refractivity contribution in [3.05, 3.63) is 77.2 Å². The second-order valence-electron chi connectivity index (χ2n) is 6.07. The molecule has 0 aliphatic rings. The Bertz CT molecular complexity index is 1020. The van der Waals surface area contributed by atoms with E-state index in [0.717, 1.165) is 0 Å². The fourth-order valence-corrected chi connectivity index (χ4v) is 2.59. The van der Waals surface area contributed by atoms with E-state index in [0.29, 0.717) is 12.1 Å². The highest BCUT2D eigenvalue weighted by Gasteiger charge is 2.36. The van der Waals surface area contributed by atoms with Crippen LogP contribution >= 0.6 is 0 Å². The lowest BCUT2D eigenvalue weighted by Gasteiger charge is -2.15. The first-order valence-electron chi connectivity index (χ1n) is 8.34.